The van der Waals surface area contributed by atoms with Gasteiger partial charge in [0.15, 0.2) is 0 Å². The number of hydrogen-bond donors (Lipinski definition) is 0. The number of halogens is 1. The quantitative estimate of drug-likeness (QED) is 0.819. The standard InChI is InChI=1S/C19H19ClN2O2S/c20-16-5-1-4-15(7-16)18(23)22-12-19(13-22)8-17(11-25-19)24-10-14-3-2-6-21-9-14/h1-7,9,17H,8,10-13H2/t17-/m1/s1. The first kappa shape index (κ1) is 16.9. The molecule has 1 amide bonds. The van der Waals surface area contributed by atoms with Gasteiger partial charge in [0.1, 0.15) is 0 Å². The number of benzene rings is 1. The Morgan fingerprint density at radius 2 is 2.24 bits per heavy atom. The van der Waals surface area contributed by atoms with Crippen molar-refractivity contribution in [1.29, 1.82) is 0 Å². The van der Waals surface area contributed by atoms with E-state index in [0.29, 0.717) is 17.2 Å². The summed E-state index contributed by atoms with van der Waals surface area (Å²) in [6, 6.07) is 11.1. The van der Waals surface area contributed by atoms with E-state index in [0.717, 1.165) is 30.8 Å². The summed E-state index contributed by atoms with van der Waals surface area (Å²) < 4.78 is 6.20. The summed E-state index contributed by atoms with van der Waals surface area (Å²) in [5.74, 6) is 1.05. The van der Waals surface area contributed by atoms with Crippen LogP contribution >= 0.6 is 23.4 Å². The van der Waals surface area contributed by atoms with Crippen molar-refractivity contribution in [2.24, 2.45) is 0 Å². The normalized spacial score (nSPS) is 21.3. The SMILES string of the molecule is O=C(c1cccc(Cl)c1)N1CC2(C[C@@H](OCc3cccnc3)CS2)C1. The molecule has 2 fully saturated rings. The second kappa shape index (κ2) is 6.98. The van der Waals surface area contributed by atoms with Crippen molar-refractivity contribution in [2.75, 3.05) is 18.8 Å². The number of thioether (sulfide) groups is 1. The summed E-state index contributed by atoms with van der Waals surface area (Å²) in [5, 5.41) is 0.597. The van der Waals surface area contributed by atoms with Crippen LogP contribution in [0, 0.1) is 0 Å². The lowest BCUT2D eigenvalue weighted by molar-refractivity contribution is 0.0254. The number of carbonyl (C=O) groups is 1. The number of hydrogen-bond acceptors (Lipinski definition) is 4. The lowest BCUT2D eigenvalue weighted by Gasteiger charge is -2.47. The Hall–Kier alpha value is -1.56. The number of likely N-dealkylation sites (tertiary alicyclic amines) is 1. The van der Waals surface area contributed by atoms with Crippen LogP contribution in [0.1, 0.15) is 22.3 Å². The van der Waals surface area contributed by atoms with Gasteiger partial charge in [-0.3, -0.25) is 9.78 Å². The van der Waals surface area contributed by atoms with Gasteiger partial charge in [0.25, 0.3) is 5.91 Å². The van der Waals surface area contributed by atoms with Crippen LogP contribution in [0.3, 0.4) is 0 Å². The molecule has 0 N–H and O–H groups in total. The lowest BCUT2D eigenvalue weighted by atomic mass is 9.92. The molecule has 2 aliphatic heterocycles. The van der Waals surface area contributed by atoms with Crippen molar-refractivity contribution in [3.8, 4) is 0 Å². The van der Waals surface area contributed by atoms with Gasteiger partial charge in [-0.2, -0.15) is 0 Å². The number of amides is 1. The zero-order valence-corrected chi connectivity index (χ0v) is 15.3. The third kappa shape index (κ3) is 3.68. The highest BCUT2D eigenvalue weighted by Crippen LogP contribution is 2.46. The molecule has 6 heteroatoms. The number of carbonyl (C=O) groups excluding carboxylic acids is 1. The number of ether oxygens (including phenoxy) is 1. The number of rotatable bonds is 4. The molecular formula is C19H19ClN2O2S. The summed E-state index contributed by atoms with van der Waals surface area (Å²) >= 11 is 7.92. The number of nitrogens with zero attached hydrogens (tertiary/aromatic N) is 2. The van der Waals surface area contributed by atoms with Gasteiger partial charge >= 0.3 is 0 Å². The van der Waals surface area contributed by atoms with Crippen LogP contribution < -0.4 is 0 Å². The Morgan fingerprint density at radius 1 is 1.36 bits per heavy atom. The molecule has 1 aromatic heterocycles. The first-order chi connectivity index (χ1) is 12.1. The van der Waals surface area contributed by atoms with Gasteiger partial charge in [-0.05, 0) is 36.2 Å². The molecule has 3 heterocycles. The minimum absolute atomic E-state index is 0.0634. The van der Waals surface area contributed by atoms with Gasteiger partial charge in [0, 0.05) is 41.8 Å². The largest absolute Gasteiger partial charge is 0.373 e. The summed E-state index contributed by atoms with van der Waals surface area (Å²) in [6.45, 7) is 2.17. The zero-order valence-electron chi connectivity index (χ0n) is 13.7. The summed E-state index contributed by atoms with van der Waals surface area (Å²) in [4.78, 5) is 18.5. The Bertz CT molecular complexity index is 765. The maximum atomic E-state index is 12.5. The molecule has 1 aromatic carbocycles. The molecule has 0 unspecified atom stereocenters. The average Bonchev–Trinajstić information content (AvgIpc) is 3.04. The van der Waals surface area contributed by atoms with Gasteiger partial charge in [-0.25, -0.2) is 0 Å². The molecule has 130 valence electrons. The Balaban J connectivity index is 1.29. The van der Waals surface area contributed by atoms with E-state index in [1.54, 1.807) is 18.3 Å². The minimum Gasteiger partial charge on any atom is -0.373 e. The highest BCUT2D eigenvalue weighted by molar-refractivity contribution is 8.01. The average molecular weight is 375 g/mol. The van der Waals surface area contributed by atoms with Gasteiger partial charge in [-0.1, -0.05) is 23.7 Å². The van der Waals surface area contributed by atoms with Gasteiger partial charge < -0.3 is 9.64 Å². The van der Waals surface area contributed by atoms with E-state index in [-0.39, 0.29) is 16.8 Å². The minimum atomic E-state index is 0.0634. The second-order valence-corrected chi connectivity index (χ2v) is 8.59. The first-order valence-corrected chi connectivity index (χ1v) is 9.69. The van der Waals surface area contributed by atoms with Gasteiger partial charge in [0.05, 0.1) is 17.5 Å². The van der Waals surface area contributed by atoms with E-state index in [4.69, 9.17) is 16.3 Å². The van der Waals surface area contributed by atoms with Gasteiger partial charge in [0.2, 0.25) is 0 Å². The molecule has 4 nitrogen and oxygen atoms in total. The Kier molecular flexibility index (Phi) is 4.71. The molecule has 1 spiro atoms. The summed E-state index contributed by atoms with van der Waals surface area (Å²) in [6.07, 6.45) is 4.85. The molecule has 25 heavy (non-hydrogen) atoms. The fourth-order valence-electron chi connectivity index (χ4n) is 3.42. The van der Waals surface area contributed by atoms with Gasteiger partial charge in [-0.15, -0.1) is 11.8 Å². The van der Waals surface area contributed by atoms with E-state index >= 15 is 0 Å². The van der Waals surface area contributed by atoms with Crippen LogP contribution in [0.4, 0.5) is 0 Å². The highest BCUT2D eigenvalue weighted by atomic mass is 35.5. The topological polar surface area (TPSA) is 42.4 Å². The maximum Gasteiger partial charge on any atom is 0.254 e. The molecular weight excluding hydrogens is 356 g/mol. The number of pyridine rings is 1. The molecule has 1 atom stereocenters. The van der Waals surface area contributed by atoms with Crippen LogP contribution in [-0.4, -0.2) is 45.5 Å². The molecule has 2 saturated heterocycles. The van der Waals surface area contributed by atoms with E-state index in [1.165, 1.54) is 0 Å². The summed E-state index contributed by atoms with van der Waals surface area (Å²) in [7, 11) is 0. The Morgan fingerprint density at radius 3 is 3.00 bits per heavy atom. The zero-order chi connectivity index (χ0) is 17.3. The van der Waals surface area contributed by atoms with Crippen molar-refractivity contribution < 1.29 is 9.53 Å². The van der Waals surface area contributed by atoms with Crippen LogP contribution in [0.15, 0.2) is 48.8 Å². The van der Waals surface area contributed by atoms with E-state index in [1.807, 2.05) is 47.1 Å². The van der Waals surface area contributed by atoms with Crippen molar-refractivity contribution in [2.45, 2.75) is 23.9 Å². The second-order valence-electron chi connectivity index (χ2n) is 6.66. The molecule has 0 bridgehead atoms. The Labute approximate surface area is 156 Å². The third-order valence-corrected chi connectivity index (χ3v) is 6.51. The fourth-order valence-corrected chi connectivity index (χ4v) is 5.17. The van der Waals surface area contributed by atoms with Crippen molar-refractivity contribution >= 4 is 29.3 Å². The predicted octanol–water partition coefficient (Wildman–Crippen LogP) is 3.65. The summed E-state index contributed by atoms with van der Waals surface area (Å²) in [5.41, 5.74) is 1.76. The van der Waals surface area contributed by atoms with Crippen LogP contribution in [0.5, 0.6) is 0 Å². The maximum absolute atomic E-state index is 12.5. The third-order valence-electron chi connectivity index (χ3n) is 4.70. The number of aromatic nitrogens is 1. The predicted molar refractivity (Wildman–Crippen MR) is 100.0 cm³/mol. The monoisotopic (exact) mass is 374 g/mol. The lowest BCUT2D eigenvalue weighted by Crippen LogP contribution is -2.60. The van der Waals surface area contributed by atoms with Crippen LogP contribution in [0.25, 0.3) is 0 Å². The van der Waals surface area contributed by atoms with Crippen molar-refractivity contribution in [3.63, 3.8) is 0 Å². The first-order valence-electron chi connectivity index (χ1n) is 8.33. The molecule has 0 aliphatic carbocycles. The van der Waals surface area contributed by atoms with Crippen molar-refractivity contribution in [1.82, 2.24) is 9.88 Å². The van der Waals surface area contributed by atoms with Crippen LogP contribution in [-0.2, 0) is 11.3 Å². The van der Waals surface area contributed by atoms with E-state index in [9.17, 15) is 4.79 Å². The highest BCUT2D eigenvalue weighted by Gasteiger charge is 2.50. The molecule has 0 radical (unpaired) electrons. The van der Waals surface area contributed by atoms with E-state index in [2.05, 4.69) is 4.98 Å². The van der Waals surface area contributed by atoms with E-state index < -0.39 is 0 Å². The molecule has 2 aliphatic rings. The van der Waals surface area contributed by atoms with Crippen LogP contribution in [0.2, 0.25) is 5.02 Å². The van der Waals surface area contributed by atoms with Crippen molar-refractivity contribution in [3.05, 3.63) is 64.9 Å². The smallest absolute Gasteiger partial charge is 0.254 e. The molecule has 0 saturated carbocycles. The fraction of sp³-hybridized carbons (Fsp3) is 0.368. The molecule has 4 rings (SSSR count). The molecule has 2 aromatic rings.